The van der Waals surface area contributed by atoms with Crippen LogP contribution in [0.5, 0.6) is 0 Å². The maximum absolute atomic E-state index is 12.4. The minimum Gasteiger partial charge on any atom is -0.267 e. The second-order valence-electron chi connectivity index (χ2n) is 6.47. The van der Waals surface area contributed by atoms with Crippen molar-refractivity contribution in [1.82, 2.24) is 21.0 Å². The predicted octanol–water partition coefficient (Wildman–Crippen LogP) is 1.18. The molecule has 0 aliphatic carbocycles. The van der Waals surface area contributed by atoms with Gasteiger partial charge in [0, 0.05) is 10.9 Å². The summed E-state index contributed by atoms with van der Waals surface area (Å²) in [6, 6.07) is 11.8. The van der Waals surface area contributed by atoms with Gasteiger partial charge in [0.2, 0.25) is 0 Å². The Balaban J connectivity index is 1.74. The Hall–Kier alpha value is -3.53. The smallest absolute Gasteiger partial charge is 0.267 e. The number of hydrogen-bond acceptors (Lipinski definition) is 6. The Labute approximate surface area is 166 Å². The number of carbonyl (C=O) groups is 2. The Morgan fingerprint density at radius 3 is 2.14 bits per heavy atom. The second-order valence-corrected chi connectivity index (χ2v) is 8.98. The number of rotatable bonds is 4. The van der Waals surface area contributed by atoms with Crippen LogP contribution in [-0.2, 0) is 9.84 Å². The van der Waals surface area contributed by atoms with Crippen LogP contribution in [0.25, 0.3) is 10.8 Å². The highest BCUT2D eigenvalue weighted by Gasteiger charge is 2.20. The third-order valence-corrected chi connectivity index (χ3v) is 6.44. The quantitative estimate of drug-likeness (QED) is 0.548. The Morgan fingerprint density at radius 1 is 0.931 bits per heavy atom. The molecule has 0 saturated heterocycles. The topological polar surface area (TPSA) is 138 Å². The average Bonchev–Trinajstić information content (AvgIpc) is 2.72. The van der Waals surface area contributed by atoms with E-state index in [1.807, 2.05) is 0 Å². The molecule has 1 heterocycles. The Morgan fingerprint density at radius 2 is 1.52 bits per heavy atom. The molecule has 0 fully saturated rings. The fourth-order valence-electron chi connectivity index (χ4n) is 2.60. The monoisotopic (exact) mass is 414 g/mol. The van der Waals surface area contributed by atoms with Gasteiger partial charge in [-0.15, -0.1) is 0 Å². The van der Waals surface area contributed by atoms with Crippen molar-refractivity contribution in [1.29, 1.82) is 0 Å². The van der Waals surface area contributed by atoms with Gasteiger partial charge in [0.1, 0.15) is 0 Å². The van der Waals surface area contributed by atoms with Crippen molar-refractivity contribution >= 4 is 32.4 Å². The molecule has 2 aromatic carbocycles. The van der Waals surface area contributed by atoms with E-state index in [4.69, 9.17) is 0 Å². The molecule has 9 nitrogen and oxygen atoms in total. The summed E-state index contributed by atoms with van der Waals surface area (Å²) in [5, 5.41) is 6.03. The number of nitrogens with zero attached hydrogens (tertiary/aromatic N) is 1. The van der Waals surface area contributed by atoms with E-state index in [1.165, 1.54) is 24.3 Å². The molecule has 3 aromatic rings. The summed E-state index contributed by atoms with van der Waals surface area (Å²) in [5.41, 5.74) is 4.14. The van der Waals surface area contributed by atoms with Crippen LogP contribution in [-0.4, -0.2) is 35.7 Å². The average molecular weight is 414 g/mol. The number of hydrogen-bond donors (Lipinski definition) is 3. The summed E-state index contributed by atoms with van der Waals surface area (Å²) in [6.07, 6.45) is 0. The largest absolute Gasteiger partial charge is 0.290 e. The molecule has 3 rings (SSSR count). The normalized spacial score (nSPS) is 11.4. The molecule has 0 aliphatic rings. The maximum atomic E-state index is 12.4. The number of amides is 2. The molecule has 0 radical (unpaired) electrons. The molecule has 0 unspecified atom stereocenters. The van der Waals surface area contributed by atoms with Gasteiger partial charge in [0.05, 0.1) is 15.5 Å². The third-order valence-electron chi connectivity index (χ3n) is 4.27. The van der Waals surface area contributed by atoms with Crippen LogP contribution in [0.15, 0.2) is 58.2 Å². The van der Waals surface area contributed by atoms with Crippen molar-refractivity contribution < 1.29 is 18.0 Å². The molecule has 0 aliphatic heterocycles. The lowest BCUT2D eigenvalue weighted by atomic mass is 10.1. The highest BCUT2D eigenvalue weighted by Crippen LogP contribution is 2.16. The zero-order valence-corrected chi connectivity index (χ0v) is 16.4. The molecular formula is C19H18N4O5S. The van der Waals surface area contributed by atoms with Crippen molar-refractivity contribution in [3.05, 3.63) is 70.1 Å². The van der Waals surface area contributed by atoms with Gasteiger partial charge in [-0.1, -0.05) is 18.2 Å². The first-order valence-corrected chi connectivity index (χ1v) is 10.2. The van der Waals surface area contributed by atoms with Gasteiger partial charge in [0.25, 0.3) is 17.4 Å². The third kappa shape index (κ3) is 4.02. The lowest BCUT2D eigenvalue weighted by Crippen LogP contribution is -2.42. The molecule has 150 valence electrons. The van der Waals surface area contributed by atoms with Crippen molar-refractivity contribution in [3.63, 3.8) is 0 Å². The summed E-state index contributed by atoms with van der Waals surface area (Å²) in [7, 11) is -3.44. The Kier molecular flexibility index (Phi) is 5.46. The molecule has 2 amide bonds. The lowest BCUT2D eigenvalue weighted by molar-refractivity contribution is 0.0844. The van der Waals surface area contributed by atoms with Gasteiger partial charge in [-0.05, 0) is 44.2 Å². The summed E-state index contributed by atoms with van der Waals surface area (Å²) in [6.45, 7) is 3.14. The number of benzene rings is 2. The molecular weight excluding hydrogens is 396 g/mol. The number of fused-ring (bicyclic) bond motifs is 1. The Bertz CT molecular complexity index is 1250. The van der Waals surface area contributed by atoms with Gasteiger partial charge in [0.15, 0.2) is 15.5 Å². The minimum absolute atomic E-state index is 0.0566. The first kappa shape index (κ1) is 20.2. The number of carbonyl (C=O) groups excluding carboxylic acids is 2. The summed E-state index contributed by atoms with van der Waals surface area (Å²) < 4.78 is 24.3. The number of aromatic nitrogens is 2. The molecule has 0 atom stereocenters. The number of H-pyrrole nitrogens is 1. The zero-order valence-electron chi connectivity index (χ0n) is 15.6. The van der Waals surface area contributed by atoms with Gasteiger partial charge in [-0.3, -0.25) is 25.2 Å². The fourth-order valence-corrected chi connectivity index (χ4v) is 3.66. The van der Waals surface area contributed by atoms with E-state index < -0.39 is 32.5 Å². The van der Waals surface area contributed by atoms with Crippen molar-refractivity contribution in [3.8, 4) is 0 Å². The van der Waals surface area contributed by atoms with Crippen LogP contribution >= 0.6 is 0 Å². The summed E-state index contributed by atoms with van der Waals surface area (Å²) in [5.74, 6) is -1.36. The lowest BCUT2D eigenvalue weighted by Gasteiger charge is -2.10. The van der Waals surface area contributed by atoms with E-state index in [0.717, 1.165) is 0 Å². The van der Waals surface area contributed by atoms with Crippen LogP contribution in [0.3, 0.4) is 0 Å². The van der Waals surface area contributed by atoms with Crippen LogP contribution in [0.1, 0.15) is 34.7 Å². The van der Waals surface area contributed by atoms with E-state index >= 15 is 0 Å². The predicted molar refractivity (Wildman–Crippen MR) is 106 cm³/mol. The molecule has 1 aromatic heterocycles. The minimum atomic E-state index is -3.44. The second kappa shape index (κ2) is 7.84. The van der Waals surface area contributed by atoms with Crippen LogP contribution < -0.4 is 16.4 Å². The molecule has 10 heteroatoms. The van der Waals surface area contributed by atoms with Crippen LogP contribution in [0.4, 0.5) is 0 Å². The van der Waals surface area contributed by atoms with Gasteiger partial charge in [-0.2, -0.15) is 5.10 Å². The molecule has 0 spiro atoms. The number of sulfone groups is 1. The van der Waals surface area contributed by atoms with Crippen molar-refractivity contribution in [2.75, 3.05) is 0 Å². The van der Waals surface area contributed by atoms with E-state index in [-0.39, 0.29) is 16.2 Å². The summed E-state index contributed by atoms with van der Waals surface area (Å²) in [4.78, 5) is 36.5. The standard InChI is InChI=1S/C19H18N4O5S/c1-11(2)29(27,28)13-9-7-12(8-10-13)17(24)21-23-19(26)16-14-5-3-4-6-15(14)18(25)22-20-16/h3-11H,1-2H3,(H,21,24)(H,22,25)(H,23,26). The number of nitrogens with one attached hydrogen (secondary N) is 3. The molecule has 3 N–H and O–H groups in total. The van der Waals surface area contributed by atoms with Gasteiger partial charge < -0.3 is 0 Å². The van der Waals surface area contributed by atoms with Crippen LogP contribution in [0, 0.1) is 0 Å². The van der Waals surface area contributed by atoms with Gasteiger partial charge in [-0.25, -0.2) is 13.5 Å². The van der Waals surface area contributed by atoms with E-state index in [9.17, 15) is 22.8 Å². The molecule has 0 bridgehead atoms. The van der Waals surface area contributed by atoms with Crippen molar-refractivity contribution in [2.45, 2.75) is 24.0 Å². The van der Waals surface area contributed by atoms with E-state index in [0.29, 0.717) is 10.8 Å². The van der Waals surface area contributed by atoms with E-state index in [1.54, 1.807) is 38.1 Å². The maximum Gasteiger partial charge on any atom is 0.290 e. The van der Waals surface area contributed by atoms with Gasteiger partial charge >= 0.3 is 0 Å². The molecule has 29 heavy (non-hydrogen) atoms. The first-order valence-electron chi connectivity index (χ1n) is 8.64. The summed E-state index contributed by atoms with van der Waals surface area (Å²) >= 11 is 0. The SMILES string of the molecule is CC(C)S(=O)(=O)c1ccc(C(=O)NNC(=O)c2n[nH]c(=O)c3ccccc23)cc1. The highest BCUT2D eigenvalue weighted by molar-refractivity contribution is 7.92. The fraction of sp³-hybridized carbons (Fsp3) is 0.158. The number of aromatic amines is 1. The highest BCUT2D eigenvalue weighted by atomic mass is 32.2. The first-order chi connectivity index (χ1) is 13.7. The zero-order chi connectivity index (χ0) is 21.2. The van der Waals surface area contributed by atoms with Crippen LogP contribution in [0.2, 0.25) is 0 Å². The molecule has 0 saturated carbocycles. The van der Waals surface area contributed by atoms with E-state index in [2.05, 4.69) is 21.0 Å². The van der Waals surface area contributed by atoms with Crippen molar-refractivity contribution in [2.24, 2.45) is 0 Å². The number of hydrazine groups is 1.